The zero-order chi connectivity index (χ0) is 33.5. The molecule has 1 saturated heterocycles. The number of carbonyl (C=O) groups is 3. The molecule has 2 amide bonds. The molecule has 0 saturated carbocycles. The summed E-state index contributed by atoms with van der Waals surface area (Å²) >= 11 is 0. The maximum atomic E-state index is 13.3. The second-order valence-corrected chi connectivity index (χ2v) is 13.8. The van der Waals surface area contributed by atoms with Gasteiger partial charge in [0.15, 0.2) is 9.84 Å². The smallest absolute Gasteiger partial charge is 0.410 e. The molecule has 4 rings (SSSR count). The molecule has 1 aliphatic rings. The lowest BCUT2D eigenvalue weighted by Gasteiger charge is -2.35. The van der Waals surface area contributed by atoms with Crippen LogP contribution in [0.15, 0.2) is 59.6 Å². The van der Waals surface area contributed by atoms with E-state index < -0.39 is 21.4 Å². The molecule has 12 nitrogen and oxygen atoms in total. The third kappa shape index (κ3) is 9.42. The third-order valence-electron chi connectivity index (χ3n) is 7.07. The minimum absolute atomic E-state index is 0.0273. The topological polar surface area (TPSA) is 140 Å². The molecule has 1 N–H and O–H groups in total. The van der Waals surface area contributed by atoms with Crippen LogP contribution in [0.1, 0.15) is 58.3 Å². The normalized spacial score (nSPS) is 13.8. The second-order valence-electron chi connectivity index (χ2n) is 11.8. The highest BCUT2D eigenvalue weighted by Crippen LogP contribution is 2.22. The Balaban J connectivity index is 1.37. The summed E-state index contributed by atoms with van der Waals surface area (Å²) in [5, 5.41) is 7.08. The zero-order valence-electron chi connectivity index (χ0n) is 26.7. The highest BCUT2D eigenvalue weighted by molar-refractivity contribution is 7.90. The Morgan fingerprint density at radius 2 is 1.63 bits per heavy atom. The molecule has 3 aromatic rings. The van der Waals surface area contributed by atoms with Crippen LogP contribution in [0.5, 0.6) is 0 Å². The SMILES string of the molecule is COC(=O)c1ccc(S(=O)(=O)Cc2ccn(C)n2)c(C#Cc2ccc(C(=O)NCCN3CCN(C(=O)OC(C)(C)C)CC3)cc2)c1. The highest BCUT2D eigenvalue weighted by Gasteiger charge is 2.26. The zero-order valence-corrected chi connectivity index (χ0v) is 27.5. The molecule has 0 spiro atoms. The molecular formula is C33H39N5O7S. The molecule has 2 heterocycles. The number of carbonyl (C=O) groups excluding carboxylic acids is 3. The molecular weight excluding hydrogens is 610 g/mol. The number of methoxy groups -OCH3 is 1. The van der Waals surface area contributed by atoms with Gasteiger partial charge in [0, 0.05) is 69.2 Å². The first-order valence-corrected chi connectivity index (χ1v) is 16.4. The van der Waals surface area contributed by atoms with E-state index in [2.05, 4.69) is 27.2 Å². The standard InChI is InChI=1S/C33H39N5O7S/c1-33(2,3)45-32(41)38-20-18-37(19-21-38)17-15-34-30(39)25-9-6-24(7-10-25)8-11-26-22-27(31(40)44-5)12-13-29(26)46(42,43)23-28-14-16-36(4)35-28/h6-7,9-10,12-14,16,22H,15,17-21,23H2,1-5H3,(H,34,39). The summed E-state index contributed by atoms with van der Waals surface area (Å²) in [5.74, 6) is 4.65. The van der Waals surface area contributed by atoms with E-state index >= 15 is 0 Å². The summed E-state index contributed by atoms with van der Waals surface area (Å²) in [6, 6.07) is 12.4. The Bertz CT molecular complexity index is 1740. The molecule has 1 aromatic heterocycles. The van der Waals surface area contributed by atoms with Crippen molar-refractivity contribution in [1.29, 1.82) is 0 Å². The number of amides is 2. The number of aromatic nitrogens is 2. The van der Waals surface area contributed by atoms with E-state index in [0.29, 0.717) is 56.1 Å². The molecule has 13 heteroatoms. The molecule has 0 radical (unpaired) electrons. The quantitative estimate of drug-likeness (QED) is 0.288. The van der Waals surface area contributed by atoms with Gasteiger partial charge in [0.05, 0.1) is 29.0 Å². The van der Waals surface area contributed by atoms with Crippen molar-refractivity contribution in [3.05, 3.63) is 82.7 Å². The lowest BCUT2D eigenvalue weighted by molar-refractivity contribution is 0.0146. The van der Waals surface area contributed by atoms with E-state index in [1.165, 1.54) is 30.0 Å². The average Bonchev–Trinajstić information content (AvgIpc) is 3.42. The molecule has 1 fully saturated rings. The average molecular weight is 650 g/mol. The van der Waals surface area contributed by atoms with Crippen LogP contribution in [-0.4, -0.2) is 97.9 Å². The minimum atomic E-state index is -3.84. The number of hydrogen-bond donors (Lipinski definition) is 1. The lowest BCUT2D eigenvalue weighted by Crippen LogP contribution is -2.51. The van der Waals surface area contributed by atoms with Gasteiger partial charge in [0.2, 0.25) is 0 Å². The Kier molecular flexibility index (Phi) is 10.9. The molecule has 0 atom stereocenters. The number of esters is 1. The molecule has 0 aliphatic carbocycles. The van der Waals surface area contributed by atoms with Crippen molar-refractivity contribution < 1.29 is 32.3 Å². The number of nitrogens with zero attached hydrogens (tertiary/aromatic N) is 4. The van der Waals surface area contributed by atoms with Crippen LogP contribution in [0.3, 0.4) is 0 Å². The number of sulfone groups is 1. The van der Waals surface area contributed by atoms with Crippen LogP contribution < -0.4 is 5.32 Å². The minimum Gasteiger partial charge on any atom is -0.465 e. The van der Waals surface area contributed by atoms with Crippen LogP contribution in [0, 0.1) is 11.8 Å². The van der Waals surface area contributed by atoms with Gasteiger partial charge in [0.1, 0.15) is 5.60 Å². The van der Waals surface area contributed by atoms with E-state index in [4.69, 9.17) is 9.47 Å². The number of nitrogens with one attached hydrogen (secondary N) is 1. The summed E-state index contributed by atoms with van der Waals surface area (Å²) < 4.78 is 38.3. The maximum absolute atomic E-state index is 13.3. The number of ether oxygens (including phenoxy) is 2. The first kappa shape index (κ1) is 34.2. The summed E-state index contributed by atoms with van der Waals surface area (Å²) in [4.78, 5) is 41.0. The van der Waals surface area contributed by atoms with Crippen molar-refractivity contribution in [2.45, 2.75) is 37.0 Å². The highest BCUT2D eigenvalue weighted by atomic mass is 32.2. The van der Waals surface area contributed by atoms with E-state index in [0.717, 1.165) is 0 Å². The van der Waals surface area contributed by atoms with Crippen LogP contribution in [0.2, 0.25) is 0 Å². The Morgan fingerprint density at radius 1 is 0.957 bits per heavy atom. The predicted molar refractivity (Wildman–Crippen MR) is 171 cm³/mol. The van der Waals surface area contributed by atoms with Crippen LogP contribution in [0.25, 0.3) is 0 Å². The van der Waals surface area contributed by atoms with Gasteiger partial charge in [-0.25, -0.2) is 18.0 Å². The fourth-order valence-corrected chi connectivity index (χ4v) is 6.13. The summed E-state index contributed by atoms with van der Waals surface area (Å²) in [5.41, 5.74) is 1.16. The van der Waals surface area contributed by atoms with Crippen LogP contribution in [0.4, 0.5) is 4.79 Å². The van der Waals surface area contributed by atoms with Gasteiger partial charge in [0.25, 0.3) is 5.91 Å². The van der Waals surface area contributed by atoms with Crippen LogP contribution in [-0.2, 0) is 32.1 Å². The van der Waals surface area contributed by atoms with Gasteiger partial charge in [-0.15, -0.1) is 0 Å². The van der Waals surface area contributed by atoms with Gasteiger partial charge in [-0.3, -0.25) is 14.4 Å². The van der Waals surface area contributed by atoms with Gasteiger partial charge in [-0.05, 0) is 69.3 Å². The second kappa shape index (κ2) is 14.6. The number of aryl methyl sites for hydroxylation is 1. The first-order valence-electron chi connectivity index (χ1n) is 14.8. The van der Waals surface area contributed by atoms with Crippen molar-refractivity contribution in [3.63, 3.8) is 0 Å². The molecule has 244 valence electrons. The lowest BCUT2D eigenvalue weighted by atomic mass is 10.1. The van der Waals surface area contributed by atoms with Gasteiger partial charge < -0.3 is 19.7 Å². The molecule has 1 aliphatic heterocycles. The Morgan fingerprint density at radius 3 is 2.24 bits per heavy atom. The Labute approximate surface area is 269 Å². The van der Waals surface area contributed by atoms with Crippen molar-refractivity contribution in [3.8, 4) is 11.8 Å². The summed E-state index contributed by atoms with van der Waals surface area (Å²) in [6.07, 6.45) is 1.35. The fraction of sp³-hybridized carbons (Fsp3) is 0.394. The number of benzene rings is 2. The van der Waals surface area contributed by atoms with Crippen molar-refractivity contribution >= 4 is 27.8 Å². The molecule has 0 bridgehead atoms. The van der Waals surface area contributed by atoms with E-state index in [-0.39, 0.29) is 33.8 Å². The van der Waals surface area contributed by atoms with E-state index in [9.17, 15) is 22.8 Å². The van der Waals surface area contributed by atoms with Crippen molar-refractivity contribution in [1.82, 2.24) is 24.9 Å². The first-order chi connectivity index (χ1) is 21.7. The number of rotatable bonds is 8. The van der Waals surface area contributed by atoms with Crippen molar-refractivity contribution in [2.24, 2.45) is 7.05 Å². The van der Waals surface area contributed by atoms with E-state index in [1.807, 2.05) is 20.8 Å². The molecule has 2 aromatic carbocycles. The van der Waals surface area contributed by atoms with Gasteiger partial charge >= 0.3 is 12.1 Å². The van der Waals surface area contributed by atoms with E-state index in [1.54, 1.807) is 48.5 Å². The fourth-order valence-electron chi connectivity index (χ4n) is 4.71. The predicted octanol–water partition coefficient (Wildman–Crippen LogP) is 2.86. The molecule has 0 unspecified atom stereocenters. The third-order valence-corrected chi connectivity index (χ3v) is 8.77. The largest absolute Gasteiger partial charge is 0.465 e. The van der Waals surface area contributed by atoms with Gasteiger partial charge in [-0.1, -0.05) is 11.8 Å². The number of hydrogen-bond acceptors (Lipinski definition) is 9. The molecule has 46 heavy (non-hydrogen) atoms. The Hall–Kier alpha value is -4.67. The van der Waals surface area contributed by atoms with Crippen LogP contribution >= 0.6 is 0 Å². The number of piperazine rings is 1. The maximum Gasteiger partial charge on any atom is 0.410 e. The van der Waals surface area contributed by atoms with Gasteiger partial charge in [-0.2, -0.15) is 5.10 Å². The summed E-state index contributed by atoms with van der Waals surface area (Å²) in [6.45, 7) is 9.13. The monoisotopic (exact) mass is 649 g/mol. The summed E-state index contributed by atoms with van der Waals surface area (Å²) in [7, 11) is -0.900. The van der Waals surface area contributed by atoms with Crippen molar-refractivity contribution in [2.75, 3.05) is 46.4 Å².